The summed E-state index contributed by atoms with van der Waals surface area (Å²) in [5.74, 6) is 0.881. The molecule has 1 aliphatic carbocycles. The normalized spacial score (nSPS) is 17.3. The van der Waals surface area contributed by atoms with Crippen LogP contribution in [0.1, 0.15) is 23.1 Å². The molecule has 0 bridgehead atoms. The molecule has 1 aromatic heterocycles. The van der Waals surface area contributed by atoms with Gasteiger partial charge in [-0.05, 0) is 31.5 Å². The van der Waals surface area contributed by atoms with Crippen LogP contribution < -0.4 is 10.2 Å². The number of nitrogens with one attached hydrogen (secondary N) is 1. The lowest BCUT2D eigenvalue weighted by Crippen LogP contribution is -2.29. The summed E-state index contributed by atoms with van der Waals surface area (Å²) in [5.41, 5.74) is 6.35. The number of anilines is 1. The van der Waals surface area contributed by atoms with Crippen molar-refractivity contribution in [1.82, 2.24) is 15.3 Å². The van der Waals surface area contributed by atoms with Gasteiger partial charge in [-0.3, -0.25) is 0 Å². The van der Waals surface area contributed by atoms with Gasteiger partial charge in [0.15, 0.2) is 0 Å². The van der Waals surface area contributed by atoms with Crippen molar-refractivity contribution in [3.63, 3.8) is 0 Å². The Morgan fingerprint density at radius 2 is 2.10 bits per heavy atom. The fourth-order valence-corrected chi connectivity index (χ4v) is 3.23. The van der Waals surface area contributed by atoms with Gasteiger partial charge in [0, 0.05) is 43.4 Å². The highest BCUT2D eigenvalue weighted by molar-refractivity contribution is 5.74. The number of aromatic nitrogens is 2. The van der Waals surface area contributed by atoms with Crippen LogP contribution in [0, 0.1) is 6.92 Å². The monoisotopic (exact) mass is 280 g/mol. The van der Waals surface area contributed by atoms with Crippen LogP contribution >= 0.6 is 0 Å². The van der Waals surface area contributed by atoms with Gasteiger partial charge in [-0.15, -0.1) is 0 Å². The predicted molar refractivity (Wildman–Crippen MR) is 84.7 cm³/mol. The Labute approximate surface area is 125 Å². The molecule has 1 N–H and O–H groups in total. The fraction of sp³-hybridized carbons (Fsp3) is 0.412. The summed E-state index contributed by atoms with van der Waals surface area (Å²) in [6, 6.07) is 6.66. The molecule has 21 heavy (non-hydrogen) atoms. The maximum Gasteiger partial charge on any atom is 0.225 e. The third-order valence-electron chi connectivity index (χ3n) is 4.38. The zero-order valence-corrected chi connectivity index (χ0v) is 12.4. The molecule has 0 saturated carbocycles. The van der Waals surface area contributed by atoms with Crippen molar-refractivity contribution >= 4 is 5.95 Å². The number of rotatable bonds is 1. The van der Waals surface area contributed by atoms with Crippen LogP contribution in [-0.4, -0.2) is 36.1 Å². The van der Waals surface area contributed by atoms with E-state index in [0.29, 0.717) is 0 Å². The highest BCUT2D eigenvalue weighted by Crippen LogP contribution is 2.36. The molecule has 0 radical (unpaired) electrons. The summed E-state index contributed by atoms with van der Waals surface area (Å²) >= 11 is 0. The number of benzene rings is 1. The van der Waals surface area contributed by atoms with Gasteiger partial charge in [0.05, 0.1) is 5.69 Å². The Morgan fingerprint density at radius 1 is 1.14 bits per heavy atom. The molecule has 1 aliphatic heterocycles. The first-order valence-electron chi connectivity index (χ1n) is 7.73. The van der Waals surface area contributed by atoms with Crippen LogP contribution in [0.3, 0.4) is 0 Å². The van der Waals surface area contributed by atoms with E-state index in [1.807, 2.05) is 6.20 Å². The maximum atomic E-state index is 4.89. The van der Waals surface area contributed by atoms with Gasteiger partial charge in [-0.2, -0.15) is 0 Å². The van der Waals surface area contributed by atoms with Crippen molar-refractivity contribution in [2.75, 3.05) is 31.1 Å². The van der Waals surface area contributed by atoms with Crippen molar-refractivity contribution < 1.29 is 0 Å². The number of fused-ring (bicyclic) bond motifs is 3. The second-order valence-corrected chi connectivity index (χ2v) is 5.97. The Hall–Kier alpha value is -1.94. The van der Waals surface area contributed by atoms with Gasteiger partial charge < -0.3 is 10.2 Å². The van der Waals surface area contributed by atoms with E-state index < -0.39 is 0 Å². The highest BCUT2D eigenvalue weighted by Gasteiger charge is 2.22. The minimum absolute atomic E-state index is 0.881. The Bertz CT molecular complexity index is 672. The Balaban J connectivity index is 1.73. The van der Waals surface area contributed by atoms with Crippen molar-refractivity contribution in [2.45, 2.75) is 19.8 Å². The third-order valence-corrected chi connectivity index (χ3v) is 4.38. The van der Waals surface area contributed by atoms with Crippen LogP contribution in [-0.2, 0) is 6.42 Å². The first kappa shape index (κ1) is 12.8. The Morgan fingerprint density at radius 3 is 3.05 bits per heavy atom. The van der Waals surface area contributed by atoms with E-state index in [1.54, 1.807) is 0 Å². The summed E-state index contributed by atoms with van der Waals surface area (Å²) in [4.78, 5) is 11.8. The number of hydrogen-bond acceptors (Lipinski definition) is 4. The standard InChI is InChI=1S/C17H20N4/c1-12-3-4-13-10-14-11-19-17(20-16(14)15(13)9-12)21-7-2-5-18-6-8-21/h3-4,9,11,18H,2,5-8,10H2,1H3. The first-order chi connectivity index (χ1) is 10.3. The van der Waals surface area contributed by atoms with Gasteiger partial charge in [-0.1, -0.05) is 17.7 Å². The number of nitrogens with zero attached hydrogens (tertiary/aromatic N) is 3. The predicted octanol–water partition coefficient (Wildman–Crippen LogP) is 2.16. The summed E-state index contributed by atoms with van der Waals surface area (Å²) < 4.78 is 0. The van der Waals surface area contributed by atoms with E-state index in [9.17, 15) is 0 Å². The van der Waals surface area contributed by atoms with Gasteiger partial charge >= 0.3 is 0 Å². The summed E-state index contributed by atoms with van der Waals surface area (Å²) in [5, 5.41) is 3.43. The van der Waals surface area contributed by atoms with Gasteiger partial charge in [-0.25, -0.2) is 9.97 Å². The molecule has 108 valence electrons. The zero-order valence-electron chi connectivity index (χ0n) is 12.4. The quantitative estimate of drug-likeness (QED) is 0.741. The lowest BCUT2D eigenvalue weighted by molar-refractivity contribution is 0.724. The average molecular weight is 280 g/mol. The molecule has 0 atom stereocenters. The molecule has 1 saturated heterocycles. The molecular formula is C17H20N4. The molecule has 2 heterocycles. The van der Waals surface area contributed by atoms with E-state index >= 15 is 0 Å². The molecule has 4 rings (SSSR count). The minimum atomic E-state index is 0.881. The van der Waals surface area contributed by atoms with E-state index in [-0.39, 0.29) is 0 Å². The first-order valence-corrected chi connectivity index (χ1v) is 7.73. The van der Waals surface area contributed by atoms with Gasteiger partial charge in [0.1, 0.15) is 0 Å². The zero-order chi connectivity index (χ0) is 14.2. The molecule has 2 aliphatic rings. The van der Waals surface area contributed by atoms with E-state index in [1.165, 1.54) is 22.3 Å². The maximum absolute atomic E-state index is 4.89. The van der Waals surface area contributed by atoms with Crippen molar-refractivity contribution in [3.05, 3.63) is 41.1 Å². The molecule has 4 heteroatoms. The molecule has 2 aromatic rings. The van der Waals surface area contributed by atoms with Crippen LogP contribution in [0.2, 0.25) is 0 Å². The van der Waals surface area contributed by atoms with E-state index in [4.69, 9.17) is 4.98 Å². The molecule has 4 nitrogen and oxygen atoms in total. The third kappa shape index (κ3) is 2.29. The number of aryl methyl sites for hydroxylation is 1. The summed E-state index contributed by atoms with van der Waals surface area (Å²) in [7, 11) is 0. The van der Waals surface area contributed by atoms with Crippen molar-refractivity contribution in [1.29, 1.82) is 0 Å². The highest BCUT2D eigenvalue weighted by atomic mass is 15.3. The molecule has 0 spiro atoms. The smallest absolute Gasteiger partial charge is 0.225 e. The van der Waals surface area contributed by atoms with Gasteiger partial charge in [0.25, 0.3) is 0 Å². The second kappa shape index (κ2) is 5.11. The largest absolute Gasteiger partial charge is 0.339 e. The Kier molecular flexibility index (Phi) is 3.11. The van der Waals surface area contributed by atoms with Gasteiger partial charge in [0.2, 0.25) is 5.95 Å². The molecule has 0 amide bonds. The second-order valence-electron chi connectivity index (χ2n) is 5.97. The van der Waals surface area contributed by atoms with Crippen molar-refractivity contribution in [3.8, 4) is 11.3 Å². The SMILES string of the molecule is Cc1ccc2c(c1)-c1nc(N3CCCNCC3)ncc1C2. The lowest BCUT2D eigenvalue weighted by atomic mass is 10.1. The minimum Gasteiger partial charge on any atom is -0.339 e. The molecule has 1 aromatic carbocycles. The van der Waals surface area contributed by atoms with E-state index in [2.05, 4.69) is 40.3 Å². The van der Waals surface area contributed by atoms with Crippen LogP contribution in [0.15, 0.2) is 24.4 Å². The van der Waals surface area contributed by atoms with Crippen LogP contribution in [0.25, 0.3) is 11.3 Å². The fourth-order valence-electron chi connectivity index (χ4n) is 3.23. The molecule has 1 fully saturated rings. The average Bonchev–Trinajstić information content (AvgIpc) is 2.68. The van der Waals surface area contributed by atoms with E-state index in [0.717, 1.165) is 50.7 Å². The topological polar surface area (TPSA) is 41.1 Å². The molecule has 0 unspecified atom stereocenters. The summed E-state index contributed by atoms with van der Waals surface area (Å²) in [6.07, 6.45) is 4.13. The summed E-state index contributed by atoms with van der Waals surface area (Å²) in [6.45, 7) is 6.26. The van der Waals surface area contributed by atoms with Crippen LogP contribution in [0.5, 0.6) is 0 Å². The lowest BCUT2D eigenvalue weighted by Gasteiger charge is -2.20. The van der Waals surface area contributed by atoms with Crippen molar-refractivity contribution in [2.24, 2.45) is 0 Å². The number of hydrogen-bond donors (Lipinski definition) is 1. The van der Waals surface area contributed by atoms with Crippen LogP contribution in [0.4, 0.5) is 5.95 Å². The molecular weight excluding hydrogens is 260 g/mol.